The maximum atomic E-state index is 6.10. The molecule has 0 radical (unpaired) electrons. The Balaban J connectivity index is 1.70. The smallest absolute Gasteiger partial charge is 0.191 e. The fraction of sp³-hybridized carbons (Fsp3) is 0.933. The summed E-state index contributed by atoms with van der Waals surface area (Å²) in [5.41, 5.74) is 6.10. The van der Waals surface area contributed by atoms with Gasteiger partial charge in [-0.3, -0.25) is 9.89 Å². The molecule has 5 nitrogen and oxygen atoms in total. The first-order chi connectivity index (χ1) is 9.70. The largest absolute Gasteiger partial charge is 0.383 e. The van der Waals surface area contributed by atoms with E-state index >= 15 is 0 Å². The van der Waals surface area contributed by atoms with Gasteiger partial charge in [-0.15, -0.1) is 0 Å². The van der Waals surface area contributed by atoms with Gasteiger partial charge in [0.1, 0.15) is 0 Å². The van der Waals surface area contributed by atoms with E-state index in [1.165, 1.54) is 25.7 Å². The normalized spacial score (nSPS) is 21.8. The van der Waals surface area contributed by atoms with Crippen LogP contribution in [0.4, 0.5) is 0 Å². The number of guanidine groups is 1. The summed E-state index contributed by atoms with van der Waals surface area (Å²) < 4.78 is 5.17. The van der Waals surface area contributed by atoms with Crippen molar-refractivity contribution in [2.75, 3.05) is 46.4 Å². The molecule has 116 valence electrons. The minimum absolute atomic E-state index is 0.736. The van der Waals surface area contributed by atoms with E-state index in [9.17, 15) is 0 Å². The molecule has 20 heavy (non-hydrogen) atoms. The number of methoxy groups -OCH3 is 1. The number of hydrogen-bond acceptors (Lipinski definition) is 3. The lowest BCUT2D eigenvalue weighted by atomic mass is 10.00. The number of nitrogens with zero attached hydrogens (tertiary/aromatic N) is 3. The molecule has 2 N–H and O–H groups in total. The summed E-state index contributed by atoms with van der Waals surface area (Å²) in [5, 5.41) is 0. The number of nitrogens with two attached hydrogens (primary N) is 1. The summed E-state index contributed by atoms with van der Waals surface area (Å²) in [6.45, 7) is 8.06. The second-order valence-electron chi connectivity index (χ2n) is 6.17. The summed E-state index contributed by atoms with van der Waals surface area (Å²) in [7, 11) is 1.76. The van der Waals surface area contributed by atoms with E-state index in [0.717, 1.165) is 57.2 Å². The van der Waals surface area contributed by atoms with Gasteiger partial charge >= 0.3 is 0 Å². The van der Waals surface area contributed by atoms with Gasteiger partial charge in [0.25, 0.3) is 0 Å². The molecule has 1 saturated heterocycles. The van der Waals surface area contributed by atoms with Crippen LogP contribution in [0.25, 0.3) is 0 Å². The molecule has 0 aromatic rings. The van der Waals surface area contributed by atoms with E-state index in [2.05, 4.69) is 21.7 Å². The lowest BCUT2D eigenvalue weighted by molar-refractivity contribution is 0.145. The molecule has 5 heteroatoms. The van der Waals surface area contributed by atoms with Crippen molar-refractivity contribution in [3.8, 4) is 0 Å². The first kappa shape index (κ1) is 15.6. The molecule has 1 saturated carbocycles. The molecule has 0 spiro atoms. The zero-order chi connectivity index (χ0) is 14.4. The van der Waals surface area contributed by atoms with Gasteiger partial charge in [-0.25, -0.2) is 0 Å². The zero-order valence-corrected chi connectivity index (χ0v) is 13.1. The van der Waals surface area contributed by atoms with Gasteiger partial charge in [0.2, 0.25) is 0 Å². The molecule has 0 bridgehead atoms. The summed E-state index contributed by atoms with van der Waals surface area (Å²) in [5.74, 6) is 1.57. The van der Waals surface area contributed by atoms with Crippen molar-refractivity contribution < 1.29 is 4.74 Å². The average Bonchev–Trinajstić information content (AvgIpc) is 3.27. The third-order valence-corrected chi connectivity index (χ3v) is 4.41. The second-order valence-corrected chi connectivity index (χ2v) is 6.17. The first-order valence-electron chi connectivity index (χ1n) is 7.98. The number of hydrogen-bond donors (Lipinski definition) is 1. The van der Waals surface area contributed by atoms with Crippen LogP contribution in [0.15, 0.2) is 4.99 Å². The summed E-state index contributed by atoms with van der Waals surface area (Å²) in [6, 6.07) is 0.761. The van der Waals surface area contributed by atoms with E-state index in [4.69, 9.17) is 10.5 Å². The molecule has 1 aliphatic heterocycles. The van der Waals surface area contributed by atoms with Crippen LogP contribution in [0.2, 0.25) is 0 Å². The number of ether oxygens (including phenoxy) is 1. The van der Waals surface area contributed by atoms with Crippen LogP contribution in [0.3, 0.4) is 0 Å². The number of likely N-dealkylation sites (tertiary alicyclic amines) is 1. The lowest BCUT2D eigenvalue weighted by Crippen LogP contribution is -2.43. The average molecular weight is 282 g/mol. The topological polar surface area (TPSA) is 54.1 Å². The third-order valence-electron chi connectivity index (χ3n) is 4.41. The standard InChI is InChI=1S/C15H30N4O/c1-13-5-8-19(9-6-13)15(16)17-7-10-18(11-12-20-2)14-3-4-14/h13-14H,3-12H2,1-2H3,(H2,16,17). The Hall–Kier alpha value is -0.810. The molecule has 0 aromatic carbocycles. The fourth-order valence-electron chi connectivity index (χ4n) is 2.76. The summed E-state index contributed by atoms with van der Waals surface area (Å²) >= 11 is 0. The Morgan fingerprint density at radius 2 is 1.95 bits per heavy atom. The highest BCUT2D eigenvalue weighted by Gasteiger charge is 2.28. The highest BCUT2D eigenvalue weighted by Crippen LogP contribution is 2.26. The van der Waals surface area contributed by atoms with E-state index in [0.29, 0.717) is 0 Å². The molecular weight excluding hydrogens is 252 g/mol. The van der Waals surface area contributed by atoms with Gasteiger partial charge in [0.05, 0.1) is 13.2 Å². The van der Waals surface area contributed by atoms with Crippen LogP contribution in [0.1, 0.15) is 32.6 Å². The summed E-state index contributed by atoms with van der Waals surface area (Å²) in [6.07, 6.45) is 5.12. The second kappa shape index (κ2) is 7.84. The molecule has 1 heterocycles. The Morgan fingerprint density at radius 3 is 2.55 bits per heavy atom. The maximum Gasteiger partial charge on any atom is 0.191 e. The quantitative estimate of drug-likeness (QED) is 0.562. The van der Waals surface area contributed by atoms with E-state index in [1.807, 2.05) is 0 Å². The highest BCUT2D eigenvalue weighted by atomic mass is 16.5. The van der Waals surface area contributed by atoms with Gasteiger partial charge in [0.15, 0.2) is 5.96 Å². The van der Waals surface area contributed by atoms with Crippen molar-refractivity contribution in [2.24, 2.45) is 16.6 Å². The molecule has 0 unspecified atom stereocenters. The molecule has 0 amide bonds. The van der Waals surface area contributed by atoms with E-state index in [-0.39, 0.29) is 0 Å². The molecule has 1 aliphatic carbocycles. The molecule has 0 atom stereocenters. The van der Waals surface area contributed by atoms with Crippen molar-refractivity contribution in [1.29, 1.82) is 0 Å². The Labute approximate surface area is 123 Å². The van der Waals surface area contributed by atoms with E-state index in [1.54, 1.807) is 7.11 Å². The molecule has 0 aromatic heterocycles. The predicted octanol–water partition coefficient (Wildman–Crippen LogP) is 1.14. The van der Waals surface area contributed by atoms with Gasteiger partial charge in [-0.2, -0.15) is 0 Å². The van der Waals surface area contributed by atoms with Crippen LogP contribution in [-0.2, 0) is 4.74 Å². The monoisotopic (exact) mass is 282 g/mol. The highest BCUT2D eigenvalue weighted by molar-refractivity contribution is 5.78. The van der Waals surface area contributed by atoms with Crippen molar-refractivity contribution in [1.82, 2.24) is 9.80 Å². The summed E-state index contributed by atoms with van der Waals surface area (Å²) in [4.78, 5) is 9.29. The van der Waals surface area contributed by atoms with Crippen molar-refractivity contribution in [2.45, 2.75) is 38.6 Å². The van der Waals surface area contributed by atoms with Crippen molar-refractivity contribution in [3.63, 3.8) is 0 Å². The zero-order valence-electron chi connectivity index (χ0n) is 13.1. The molecular formula is C15H30N4O. The van der Waals surface area contributed by atoms with Crippen LogP contribution in [0, 0.1) is 5.92 Å². The SMILES string of the molecule is COCCN(CCN=C(N)N1CCC(C)CC1)C1CC1. The number of aliphatic imine (C=N–C) groups is 1. The first-order valence-corrected chi connectivity index (χ1v) is 7.98. The Bertz CT molecular complexity index is 309. The minimum atomic E-state index is 0.736. The lowest BCUT2D eigenvalue weighted by Gasteiger charge is -2.31. The Morgan fingerprint density at radius 1 is 1.25 bits per heavy atom. The molecule has 2 aliphatic rings. The fourth-order valence-corrected chi connectivity index (χ4v) is 2.76. The van der Waals surface area contributed by atoms with E-state index < -0.39 is 0 Å². The number of rotatable bonds is 7. The van der Waals surface area contributed by atoms with Crippen LogP contribution < -0.4 is 5.73 Å². The number of piperidine rings is 1. The van der Waals surface area contributed by atoms with Crippen LogP contribution >= 0.6 is 0 Å². The maximum absolute atomic E-state index is 6.10. The molecule has 2 fully saturated rings. The van der Waals surface area contributed by atoms with Crippen molar-refractivity contribution in [3.05, 3.63) is 0 Å². The Kier molecular flexibility index (Phi) is 6.10. The minimum Gasteiger partial charge on any atom is -0.383 e. The van der Waals surface area contributed by atoms with Gasteiger partial charge in [0, 0.05) is 39.3 Å². The third kappa shape index (κ3) is 4.94. The van der Waals surface area contributed by atoms with Crippen molar-refractivity contribution >= 4 is 5.96 Å². The molecule has 2 rings (SSSR count). The van der Waals surface area contributed by atoms with Gasteiger partial charge < -0.3 is 15.4 Å². The van der Waals surface area contributed by atoms with Gasteiger partial charge in [-0.05, 0) is 31.6 Å². The predicted molar refractivity (Wildman–Crippen MR) is 82.9 cm³/mol. The van der Waals surface area contributed by atoms with Gasteiger partial charge in [-0.1, -0.05) is 6.92 Å². The van der Waals surface area contributed by atoms with Crippen LogP contribution in [-0.4, -0.2) is 68.2 Å². The van der Waals surface area contributed by atoms with Crippen LogP contribution in [0.5, 0.6) is 0 Å².